The standard InChI is InChI=1S/C32H50I.F6P/c1-3-5-7-9-11-13-15-17-19-29-21-25-31(26-22-29)33-32-27-23-30(24-28-32)20-18-16-14-12-10-8-6-4-2;1-7(2,3,4,5)6/h21-28H,3-20H2,1-2H3;/q+1;-1. The summed E-state index contributed by atoms with van der Waals surface area (Å²) in [5.74, 6) is 0. The summed E-state index contributed by atoms with van der Waals surface area (Å²) in [5.41, 5.74) is 3.05. The van der Waals surface area contributed by atoms with E-state index in [9.17, 15) is 25.2 Å². The second-order valence-electron chi connectivity index (χ2n) is 10.8. The summed E-state index contributed by atoms with van der Waals surface area (Å²) in [5, 5.41) is 0. The number of aryl methyl sites for hydroxylation is 2. The first-order chi connectivity index (χ1) is 18.8. The molecule has 0 atom stereocenters. The van der Waals surface area contributed by atoms with Gasteiger partial charge in [-0.3, -0.25) is 0 Å². The van der Waals surface area contributed by atoms with Gasteiger partial charge in [-0.15, -0.1) is 0 Å². The molecule has 0 aromatic heterocycles. The van der Waals surface area contributed by atoms with Gasteiger partial charge in [-0.1, -0.05) is 128 Å². The molecule has 0 N–H and O–H groups in total. The number of unbranched alkanes of at least 4 members (excludes halogenated alkanes) is 14. The topological polar surface area (TPSA) is 0 Å². The molecule has 0 aliphatic carbocycles. The minimum absolute atomic E-state index is 0.0519. The summed E-state index contributed by atoms with van der Waals surface area (Å²) < 4.78 is 62.3. The van der Waals surface area contributed by atoms with Crippen LogP contribution >= 0.6 is 7.81 Å². The van der Waals surface area contributed by atoms with Gasteiger partial charge < -0.3 is 0 Å². The van der Waals surface area contributed by atoms with E-state index in [0.717, 1.165) is 0 Å². The zero-order valence-electron chi connectivity index (χ0n) is 24.4. The quantitative estimate of drug-likeness (QED) is 0.0557. The van der Waals surface area contributed by atoms with Gasteiger partial charge in [0.15, 0.2) is 7.14 Å². The summed E-state index contributed by atoms with van der Waals surface area (Å²) >= 11 is -0.0519. The molecular weight excluding hydrogens is 656 g/mol. The third kappa shape index (κ3) is 26.1. The summed E-state index contributed by atoms with van der Waals surface area (Å²) in [6.45, 7) is 4.59. The fraction of sp³-hybridized carbons (Fsp3) is 0.625. The van der Waals surface area contributed by atoms with Gasteiger partial charge >= 0.3 is 54.2 Å². The van der Waals surface area contributed by atoms with Crippen molar-refractivity contribution < 1.29 is 46.4 Å². The molecule has 0 aliphatic heterocycles. The van der Waals surface area contributed by atoms with Gasteiger partial charge in [0, 0.05) is 0 Å². The molecule has 0 saturated carbocycles. The Morgan fingerprint density at radius 2 is 0.675 bits per heavy atom. The monoisotopic (exact) mass is 706 g/mol. The van der Waals surface area contributed by atoms with Crippen molar-refractivity contribution in [1.82, 2.24) is 0 Å². The summed E-state index contributed by atoms with van der Waals surface area (Å²) in [6.07, 6.45) is 25.0. The van der Waals surface area contributed by atoms with E-state index in [1.165, 1.54) is 127 Å². The fourth-order valence-electron chi connectivity index (χ4n) is 4.48. The molecule has 0 spiro atoms. The normalized spacial score (nSPS) is 13.3. The molecule has 0 bridgehead atoms. The first-order valence-electron chi connectivity index (χ1n) is 15.2. The molecule has 0 unspecified atom stereocenters. The van der Waals surface area contributed by atoms with E-state index in [4.69, 9.17) is 0 Å². The van der Waals surface area contributed by atoms with Crippen LogP contribution in [0.5, 0.6) is 0 Å². The molecule has 0 saturated heterocycles. The SMILES string of the molecule is CCCCCCCCCCc1ccc([I+]c2ccc(CCCCCCCCCC)cc2)cc1.F[P-](F)(F)(F)(F)F. The summed E-state index contributed by atoms with van der Waals surface area (Å²) in [6, 6.07) is 19.1. The van der Waals surface area contributed by atoms with Gasteiger partial charge in [-0.05, 0) is 61.1 Å². The van der Waals surface area contributed by atoms with Crippen molar-refractivity contribution in [1.29, 1.82) is 0 Å². The van der Waals surface area contributed by atoms with Gasteiger partial charge in [0.25, 0.3) is 0 Å². The first-order valence-corrected chi connectivity index (χ1v) is 19.3. The average molecular weight is 707 g/mol. The van der Waals surface area contributed by atoms with Crippen LogP contribution in [0.2, 0.25) is 0 Å². The third-order valence-corrected chi connectivity index (χ3v) is 9.37. The maximum absolute atomic E-state index is 10.7. The van der Waals surface area contributed by atoms with E-state index in [1.807, 2.05) is 0 Å². The van der Waals surface area contributed by atoms with Crippen LogP contribution < -0.4 is 21.2 Å². The predicted octanol–water partition coefficient (Wildman–Crippen LogP) is 10.6. The Morgan fingerprint density at radius 1 is 0.425 bits per heavy atom. The second-order valence-corrected chi connectivity index (χ2v) is 15.7. The van der Waals surface area contributed by atoms with Gasteiger partial charge in [0.1, 0.15) is 0 Å². The van der Waals surface area contributed by atoms with Crippen molar-refractivity contribution in [2.75, 3.05) is 0 Å². The van der Waals surface area contributed by atoms with E-state index in [1.54, 1.807) is 7.14 Å². The van der Waals surface area contributed by atoms with Crippen LogP contribution in [0.3, 0.4) is 0 Å². The number of hydrogen-bond acceptors (Lipinski definition) is 0. The van der Waals surface area contributed by atoms with Gasteiger partial charge in [-0.2, -0.15) is 0 Å². The maximum atomic E-state index is 9.87. The molecule has 0 radical (unpaired) electrons. The van der Waals surface area contributed by atoms with Crippen molar-refractivity contribution in [3.8, 4) is 0 Å². The van der Waals surface area contributed by atoms with E-state index >= 15 is 0 Å². The number of hydrogen-bond donors (Lipinski definition) is 0. The fourth-order valence-corrected chi connectivity index (χ4v) is 6.64. The zero-order valence-corrected chi connectivity index (χ0v) is 27.5. The van der Waals surface area contributed by atoms with Crippen LogP contribution in [0, 0.1) is 7.14 Å². The van der Waals surface area contributed by atoms with Crippen LogP contribution in [0.4, 0.5) is 25.2 Å². The molecule has 0 amide bonds. The molecule has 40 heavy (non-hydrogen) atoms. The van der Waals surface area contributed by atoms with Crippen molar-refractivity contribution in [2.45, 2.75) is 129 Å². The Morgan fingerprint density at radius 3 is 0.950 bits per heavy atom. The van der Waals surface area contributed by atoms with Crippen LogP contribution in [0.15, 0.2) is 48.5 Å². The van der Waals surface area contributed by atoms with Crippen molar-refractivity contribution in [2.24, 2.45) is 0 Å². The van der Waals surface area contributed by atoms with Crippen LogP contribution in [0.1, 0.15) is 128 Å². The summed E-state index contributed by atoms with van der Waals surface area (Å²) in [7, 11) is -10.7. The Kier molecular flexibility index (Phi) is 17.4. The Hall–Kier alpha value is -0.820. The van der Waals surface area contributed by atoms with Gasteiger partial charge in [0.05, 0.1) is 0 Å². The third-order valence-electron chi connectivity index (χ3n) is 6.68. The molecule has 0 heterocycles. The van der Waals surface area contributed by atoms with Crippen LogP contribution in [-0.2, 0) is 12.8 Å². The molecule has 232 valence electrons. The second kappa shape index (κ2) is 18.7. The molecule has 0 aliphatic rings. The number of rotatable bonds is 20. The Bertz CT molecular complexity index is 823. The van der Waals surface area contributed by atoms with E-state index in [-0.39, 0.29) is 21.2 Å². The van der Waals surface area contributed by atoms with Crippen molar-refractivity contribution >= 4 is 7.81 Å². The summed E-state index contributed by atoms with van der Waals surface area (Å²) in [4.78, 5) is 0. The Labute approximate surface area is 249 Å². The zero-order chi connectivity index (χ0) is 29.8. The molecule has 2 aromatic rings. The van der Waals surface area contributed by atoms with Crippen LogP contribution in [0.25, 0.3) is 0 Å². The average Bonchev–Trinajstić information content (AvgIpc) is 2.87. The number of halogens is 7. The molecule has 2 rings (SSSR count). The first kappa shape index (κ1) is 37.2. The molecular formula is C32H50F6IP. The molecule has 0 fully saturated rings. The van der Waals surface area contributed by atoms with Gasteiger partial charge in [-0.25, -0.2) is 0 Å². The van der Waals surface area contributed by atoms with Crippen LogP contribution in [-0.4, -0.2) is 0 Å². The van der Waals surface area contributed by atoms with E-state index < -0.39 is 7.81 Å². The number of benzene rings is 2. The molecule has 8 heteroatoms. The van der Waals surface area contributed by atoms with E-state index in [0.29, 0.717) is 0 Å². The molecule has 0 nitrogen and oxygen atoms in total. The minimum atomic E-state index is -10.7. The predicted molar refractivity (Wildman–Crippen MR) is 156 cm³/mol. The van der Waals surface area contributed by atoms with E-state index in [2.05, 4.69) is 62.4 Å². The molecule has 2 aromatic carbocycles. The Balaban J connectivity index is 0.00000101. The van der Waals surface area contributed by atoms with Crippen molar-refractivity contribution in [3.63, 3.8) is 0 Å². The van der Waals surface area contributed by atoms with Gasteiger partial charge in [0.2, 0.25) is 0 Å². The van der Waals surface area contributed by atoms with Crippen molar-refractivity contribution in [3.05, 3.63) is 66.8 Å².